The van der Waals surface area contributed by atoms with E-state index in [0.29, 0.717) is 0 Å². The fraction of sp³-hybridized carbons (Fsp3) is 0.357. The van der Waals surface area contributed by atoms with Gasteiger partial charge in [0.05, 0.1) is 5.69 Å². The highest BCUT2D eigenvalue weighted by molar-refractivity contribution is 7.14. The Morgan fingerprint density at radius 3 is 2.53 bits per heavy atom. The molecule has 0 amide bonds. The molecular weight excluding hydrogens is 228 g/mol. The van der Waals surface area contributed by atoms with E-state index >= 15 is 0 Å². The second-order valence-electron chi connectivity index (χ2n) is 5.23. The molecule has 0 aliphatic heterocycles. The SMILES string of the molecule is Cc1ccccc1-c1csc(NC(C)(C)C)n1. The van der Waals surface area contributed by atoms with E-state index in [9.17, 15) is 0 Å². The third-order valence-electron chi connectivity index (χ3n) is 2.41. The fourth-order valence-electron chi connectivity index (χ4n) is 1.64. The molecule has 0 aliphatic rings. The molecule has 0 fully saturated rings. The van der Waals surface area contributed by atoms with Gasteiger partial charge in [0.15, 0.2) is 5.13 Å². The van der Waals surface area contributed by atoms with Crippen molar-refractivity contribution in [3.05, 3.63) is 35.2 Å². The minimum absolute atomic E-state index is 0.0564. The number of aryl methyl sites for hydroxylation is 1. The number of thiazole rings is 1. The number of nitrogens with zero attached hydrogens (tertiary/aromatic N) is 1. The minimum atomic E-state index is 0.0564. The summed E-state index contributed by atoms with van der Waals surface area (Å²) < 4.78 is 0. The lowest BCUT2D eigenvalue weighted by Gasteiger charge is -2.19. The summed E-state index contributed by atoms with van der Waals surface area (Å²) in [5.41, 5.74) is 3.59. The first kappa shape index (κ1) is 12.1. The number of nitrogens with one attached hydrogen (secondary N) is 1. The van der Waals surface area contributed by atoms with E-state index in [1.54, 1.807) is 11.3 Å². The maximum Gasteiger partial charge on any atom is 0.183 e. The summed E-state index contributed by atoms with van der Waals surface area (Å²) in [5.74, 6) is 0. The van der Waals surface area contributed by atoms with Crippen LogP contribution in [0, 0.1) is 6.92 Å². The van der Waals surface area contributed by atoms with Gasteiger partial charge in [-0.05, 0) is 33.3 Å². The van der Waals surface area contributed by atoms with Crippen molar-refractivity contribution >= 4 is 16.5 Å². The number of anilines is 1. The van der Waals surface area contributed by atoms with Crippen molar-refractivity contribution < 1.29 is 0 Å². The molecule has 1 aromatic heterocycles. The van der Waals surface area contributed by atoms with Gasteiger partial charge in [-0.25, -0.2) is 4.98 Å². The van der Waals surface area contributed by atoms with E-state index in [0.717, 1.165) is 10.8 Å². The molecule has 2 nitrogen and oxygen atoms in total. The number of hydrogen-bond acceptors (Lipinski definition) is 3. The second kappa shape index (κ2) is 4.49. The van der Waals surface area contributed by atoms with Crippen LogP contribution in [0.25, 0.3) is 11.3 Å². The molecule has 90 valence electrons. The zero-order valence-electron chi connectivity index (χ0n) is 10.7. The van der Waals surface area contributed by atoms with E-state index in [1.165, 1.54) is 11.1 Å². The lowest BCUT2D eigenvalue weighted by molar-refractivity contribution is 0.633. The quantitative estimate of drug-likeness (QED) is 0.853. The highest BCUT2D eigenvalue weighted by Gasteiger charge is 2.13. The van der Waals surface area contributed by atoms with Gasteiger partial charge in [0, 0.05) is 16.5 Å². The van der Waals surface area contributed by atoms with Gasteiger partial charge in [-0.1, -0.05) is 24.3 Å². The molecule has 17 heavy (non-hydrogen) atoms. The molecule has 0 bridgehead atoms. The van der Waals surface area contributed by atoms with Crippen LogP contribution in [0.1, 0.15) is 26.3 Å². The molecule has 0 radical (unpaired) electrons. The molecule has 0 saturated carbocycles. The number of hydrogen-bond donors (Lipinski definition) is 1. The lowest BCUT2D eigenvalue weighted by Crippen LogP contribution is -2.25. The summed E-state index contributed by atoms with van der Waals surface area (Å²) in [7, 11) is 0. The maximum atomic E-state index is 4.63. The Morgan fingerprint density at radius 1 is 1.18 bits per heavy atom. The van der Waals surface area contributed by atoms with Gasteiger partial charge in [-0.15, -0.1) is 11.3 Å². The average molecular weight is 246 g/mol. The standard InChI is InChI=1S/C14H18N2S/c1-10-7-5-6-8-11(10)12-9-17-13(15-12)16-14(2,3)4/h5-9H,1-4H3,(H,15,16). The lowest BCUT2D eigenvalue weighted by atomic mass is 10.1. The van der Waals surface area contributed by atoms with Crippen molar-refractivity contribution in [1.29, 1.82) is 0 Å². The smallest absolute Gasteiger partial charge is 0.183 e. The monoisotopic (exact) mass is 246 g/mol. The van der Waals surface area contributed by atoms with E-state index in [2.05, 4.69) is 67.6 Å². The maximum absolute atomic E-state index is 4.63. The molecular formula is C14H18N2S. The molecule has 0 unspecified atom stereocenters. The second-order valence-corrected chi connectivity index (χ2v) is 6.09. The van der Waals surface area contributed by atoms with Crippen LogP contribution in [-0.4, -0.2) is 10.5 Å². The van der Waals surface area contributed by atoms with Gasteiger partial charge in [0.2, 0.25) is 0 Å². The summed E-state index contributed by atoms with van der Waals surface area (Å²) in [6, 6.07) is 8.34. The van der Waals surface area contributed by atoms with Crippen LogP contribution >= 0.6 is 11.3 Å². The van der Waals surface area contributed by atoms with Gasteiger partial charge in [-0.2, -0.15) is 0 Å². The van der Waals surface area contributed by atoms with Gasteiger partial charge in [0.25, 0.3) is 0 Å². The Hall–Kier alpha value is -1.35. The Kier molecular flexibility index (Phi) is 3.20. The molecule has 1 aromatic carbocycles. The third-order valence-corrected chi connectivity index (χ3v) is 3.16. The fourth-order valence-corrected chi connectivity index (χ4v) is 2.56. The van der Waals surface area contributed by atoms with Crippen molar-refractivity contribution in [2.45, 2.75) is 33.2 Å². The normalized spacial score (nSPS) is 11.5. The zero-order chi connectivity index (χ0) is 12.5. The van der Waals surface area contributed by atoms with Gasteiger partial charge in [0.1, 0.15) is 0 Å². The van der Waals surface area contributed by atoms with Crippen molar-refractivity contribution in [3.8, 4) is 11.3 Å². The largest absolute Gasteiger partial charge is 0.357 e. The molecule has 2 aromatic rings. The topological polar surface area (TPSA) is 24.9 Å². The van der Waals surface area contributed by atoms with E-state index < -0.39 is 0 Å². The van der Waals surface area contributed by atoms with Crippen LogP contribution in [0.3, 0.4) is 0 Å². The summed E-state index contributed by atoms with van der Waals surface area (Å²) in [6.07, 6.45) is 0. The van der Waals surface area contributed by atoms with Crippen LogP contribution in [0.5, 0.6) is 0 Å². The van der Waals surface area contributed by atoms with Crippen molar-refractivity contribution in [3.63, 3.8) is 0 Å². The third kappa shape index (κ3) is 3.07. The summed E-state index contributed by atoms with van der Waals surface area (Å²) in [5, 5.41) is 6.49. The Labute approximate surface area is 107 Å². The van der Waals surface area contributed by atoms with E-state index in [1.807, 2.05) is 0 Å². The molecule has 0 atom stereocenters. The number of rotatable bonds is 2. The molecule has 1 N–H and O–H groups in total. The highest BCUT2D eigenvalue weighted by atomic mass is 32.1. The van der Waals surface area contributed by atoms with E-state index in [4.69, 9.17) is 0 Å². The summed E-state index contributed by atoms with van der Waals surface area (Å²) in [6.45, 7) is 8.54. The van der Waals surface area contributed by atoms with E-state index in [-0.39, 0.29) is 5.54 Å². The van der Waals surface area contributed by atoms with Crippen LogP contribution in [0.2, 0.25) is 0 Å². The molecule has 0 aliphatic carbocycles. The highest BCUT2D eigenvalue weighted by Crippen LogP contribution is 2.28. The molecule has 0 spiro atoms. The van der Waals surface area contributed by atoms with Crippen molar-refractivity contribution in [2.75, 3.05) is 5.32 Å². The van der Waals surface area contributed by atoms with Gasteiger partial charge < -0.3 is 5.32 Å². The summed E-state index contributed by atoms with van der Waals surface area (Å²) in [4.78, 5) is 4.63. The van der Waals surface area contributed by atoms with Crippen LogP contribution < -0.4 is 5.32 Å². The van der Waals surface area contributed by atoms with Crippen LogP contribution in [0.15, 0.2) is 29.6 Å². The summed E-state index contributed by atoms with van der Waals surface area (Å²) >= 11 is 1.66. The molecule has 3 heteroatoms. The predicted molar refractivity (Wildman–Crippen MR) is 75.7 cm³/mol. The van der Waals surface area contributed by atoms with Crippen molar-refractivity contribution in [1.82, 2.24) is 4.98 Å². The first-order valence-electron chi connectivity index (χ1n) is 5.75. The first-order valence-corrected chi connectivity index (χ1v) is 6.63. The van der Waals surface area contributed by atoms with Crippen LogP contribution in [0.4, 0.5) is 5.13 Å². The van der Waals surface area contributed by atoms with Crippen molar-refractivity contribution in [2.24, 2.45) is 0 Å². The minimum Gasteiger partial charge on any atom is -0.357 e. The first-order chi connectivity index (χ1) is 7.96. The average Bonchev–Trinajstić information content (AvgIpc) is 2.64. The number of aromatic nitrogens is 1. The predicted octanol–water partition coefficient (Wildman–Crippen LogP) is 4.33. The van der Waals surface area contributed by atoms with Gasteiger partial charge >= 0.3 is 0 Å². The Morgan fingerprint density at radius 2 is 1.88 bits per heavy atom. The Balaban J connectivity index is 2.28. The molecule has 0 saturated heterocycles. The molecule has 1 heterocycles. The number of benzene rings is 1. The zero-order valence-corrected chi connectivity index (χ0v) is 11.6. The van der Waals surface area contributed by atoms with Gasteiger partial charge in [-0.3, -0.25) is 0 Å². The molecule has 2 rings (SSSR count). The van der Waals surface area contributed by atoms with Crippen LogP contribution in [-0.2, 0) is 0 Å². The Bertz CT molecular complexity index is 509.